The molecule has 23 heavy (non-hydrogen) atoms. The quantitative estimate of drug-likeness (QED) is 0.827. The van der Waals surface area contributed by atoms with Crippen LogP contribution >= 0.6 is 11.6 Å². The van der Waals surface area contributed by atoms with Crippen molar-refractivity contribution < 1.29 is 14.3 Å². The molecule has 0 fully saturated rings. The van der Waals surface area contributed by atoms with Gasteiger partial charge in [-0.2, -0.15) is 0 Å². The Kier molecular flexibility index (Phi) is 6.00. The molecule has 0 aliphatic carbocycles. The van der Waals surface area contributed by atoms with Crippen molar-refractivity contribution in [2.24, 2.45) is 0 Å². The van der Waals surface area contributed by atoms with Crippen LogP contribution in [-0.2, 0) is 4.79 Å². The van der Waals surface area contributed by atoms with Crippen LogP contribution in [-0.4, -0.2) is 17.9 Å². The largest absolute Gasteiger partial charge is 0.481 e. The van der Waals surface area contributed by atoms with Crippen LogP contribution in [0.2, 0.25) is 5.02 Å². The van der Waals surface area contributed by atoms with Crippen molar-refractivity contribution in [3.05, 3.63) is 65.2 Å². The van der Waals surface area contributed by atoms with E-state index in [9.17, 15) is 9.59 Å². The SMILES string of the molecule is CCC(Oc1ccccc1)C(=O)NNC(=O)c1ccccc1Cl. The van der Waals surface area contributed by atoms with E-state index in [2.05, 4.69) is 10.9 Å². The van der Waals surface area contributed by atoms with Crippen LogP contribution in [0.4, 0.5) is 0 Å². The third-order valence-corrected chi connectivity index (χ3v) is 3.43. The van der Waals surface area contributed by atoms with Crippen LogP contribution in [0.25, 0.3) is 0 Å². The van der Waals surface area contributed by atoms with Gasteiger partial charge in [0, 0.05) is 0 Å². The van der Waals surface area contributed by atoms with E-state index in [0.29, 0.717) is 17.2 Å². The Morgan fingerprint density at radius 1 is 1.04 bits per heavy atom. The molecule has 0 aromatic heterocycles. The number of benzene rings is 2. The van der Waals surface area contributed by atoms with Crippen LogP contribution < -0.4 is 15.6 Å². The second-order valence-electron chi connectivity index (χ2n) is 4.75. The molecule has 2 amide bonds. The van der Waals surface area contributed by atoms with E-state index in [0.717, 1.165) is 0 Å². The van der Waals surface area contributed by atoms with Gasteiger partial charge in [0.05, 0.1) is 10.6 Å². The maximum Gasteiger partial charge on any atom is 0.279 e. The molecule has 2 aromatic rings. The predicted molar refractivity (Wildman–Crippen MR) is 88.2 cm³/mol. The Morgan fingerprint density at radius 3 is 2.35 bits per heavy atom. The number of rotatable bonds is 5. The lowest BCUT2D eigenvalue weighted by atomic mass is 10.2. The summed E-state index contributed by atoms with van der Waals surface area (Å²) in [6, 6.07) is 15.6. The number of hydrazine groups is 1. The zero-order valence-electron chi connectivity index (χ0n) is 12.6. The average molecular weight is 333 g/mol. The van der Waals surface area contributed by atoms with Gasteiger partial charge >= 0.3 is 0 Å². The lowest BCUT2D eigenvalue weighted by molar-refractivity contribution is -0.128. The molecule has 5 nitrogen and oxygen atoms in total. The Morgan fingerprint density at radius 2 is 1.70 bits per heavy atom. The lowest BCUT2D eigenvalue weighted by Crippen LogP contribution is -2.48. The summed E-state index contributed by atoms with van der Waals surface area (Å²) < 4.78 is 5.60. The van der Waals surface area contributed by atoms with E-state index < -0.39 is 17.9 Å². The standard InChI is InChI=1S/C17H17ClN2O3/c1-2-15(23-12-8-4-3-5-9-12)17(22)20-19-16(21)13-10-6-7-11-14(13)18/h3-11,15H,2H2,1H3,(H,19,21)(H,20,22). The summed E-state index contributed by atoms with van der Waals surface area (Å²) in [5.74, 6) is -0.331. The monoisotopic (exact) mass is 332 g/mol. The normalized spacial score (nSPS) is 11.4. The van der Waals surface area contributed by atoms with Gasteiger partial charge in [-0.05, 0) is 30.7 Å². The molecule has 0 radical (unpaired) electrons. The van der Waals surface area contributed by atoms with E-state index >= 15 is 0 Å². The zero-order chi connectivity index (χ0) is 16.7. The number of carbonyl (C=O) groups is 2. The molecule has 0 saturated carbocycles. The highest BCUT2D eigenvalue weighted by Gasteiger charge is 2.19. The maximum atomic E-state index is 12.1. The van der Waals surface area contributed by atoms with Gasteiger partial charge < -0.3 is 4.74 Å². The van der Waals surface area contributed by atoms with Crippen LogP contribution in [0, 0.1) is 0 Å². The van der Waals surface area contributed by atoms with Crippen molar-refractivity contribution in [3.8, 4) is 5.75 Å². The van der Waals surface area contributed by atoms with Gasteiger partial charge in [-0.3, -0.25) is 20.4 Å². The van der Waals surface area contributed by atoms with Crippen molar-refractivity contribution >= 4 is 23.4 Å². The number of para-hydroxylation sites is 1. The van der Waals surface area contributed by atoms with Gasteiger partial charge in [0.2, 0.25) is 0 Å². The molecule has 0 aliphatic rings. The number of carbonyl (C=O) groups excluding carboxylic acids is 2. The fourth-order valence-electron chi connectivity index (χ4n) is 1.90. The molecule has 0 aliphatic heterocycles. The van der Waals surface area contributed by atoms with Crippen LogP contribution in [0.1, 0.15) is 23.7 Å². The molecule has 120 valence electrons. The fraction of sp³-hybridized carbons (Fsp3) is 0.176. The van der Waals surface area contributed by atoms with Crippen LogP contribution in [0.15, 0.2) is 54.6 Å². The molecule has 1 unspecified atom stereocenters. The third-order valence-electron chi connectivity index (χ3n) is 3.10. The average Bonchev–Trinajstić information content (AvgIpc) is 2.58. The molecular weight excluding hydrogens is 316 g/mol. The first-order valence-corrected chi connectivity index (χ1v) is 7.56. The molecule has 0 spiro atoms. The van der Waals surface area contributed by atoms with Gasteiger partial charge in [-0.15, -0.1) is 0 Å². The van der Waals surface area contributed by atoms with E-state index in [1.165, 1.54) is 0 Å². The number of hydrogen-bond donors (Lipinski definition) is 2. The van der Waals surface area contributed by atoms with Gasteiger partial charge in [-0.1, -0.05) is 48.9 Å². The summed E-state index contributed by atoms with van der Waals surface area (Å²) >= 11 is 5.93. The van der Waals surface area contributed by atoms with Crippen molar-refractivity contribution in [3.63, 3.8) is 0 Å². The van der Waals surface area contributed by atoms with E-state index in [-0.39, 0.29) is 5.56 Å². The summed E-state index contributed by atoms with van der Waals surface area (Å²) in [4.78, 5) is 24.1. The highest BCUT2D eigenvalue weighted by molar-refractivity contribution is 6.33. The van der Waals surface area contributed by atoms with Crippen LogP contribution in [0.5, 0.6) is 5.75 Å². The first-order chi connectivity index (χ1) is 11.1. The highest BCUT2D eigenvalue weighted by atomic mass is 35.5. The highest BCUT2D eigenvalue weighted by Crippen LogP contribution is 2.14. The topological polar surface area (TPSA) is 67.4 Å². The number of ether oxygens (including phenoxy) is 1. The summed E-state index contributed by atoms with van der Waals surface area (Å²) in [5, 5.41) is 0.312. The molecule has 2 rings (SSSR count). The van der Waals surface area contributed by atoms with Crippen molar-refractivity contribution in [1.29, 1.82) is 0 Å². The first-order valence-electron chi connectivity index (χ1n) is 7.18. The second kappa shape index (κ2) is 8.19. The lowest BCUT2D eigenvalue weighted by Gasteiger charge is -2.17. The van der Waals surface area contributed by atoms with Crippen LogP contribution in [0.3, 0.4) is 0 Å². The van der Waals surface area contributed by atoms with Crippen molar-refractivity contribution in [2.75, 3.05) is 0 Å². The number of nitrogens with one attached hydrogen (secondary N) is 2. The summed E-state index contributed by atoms with van der Waals surface area (Å²) in [6.45, 7) is 1.82. The Balaban J connectivity index is 1.92. The first kappa shape index (κ1) is 16.8. The van der Waals surface area contributed by atoms with Gasteiger partial charge in [-0.25, -0.2) is 0 Å². The summed E-state index contributed by atoms with van der Waals surface area (Å²) in [7, 11) is 0. The van der Waals surface area contributed by atoms with Gasteiger partial charge in [0.25, 0.3) is 11.8 Å². The Hall–Kier alpha value is -2.53. The predicted octanol–water partition coefficient (Wildman–Crippen LogP) is 2.96. The van der Waals surface area contributed by atoms with E-state index in [1.54, 1.807) is 36.4 Å². The molecule has 2 N–H and O–H groups in total. The smallest absolute Gasteiger partial charge is 0.279 e. The second-order valence-corrected chi connectivity index (χ2v) is 5.16. The number of amides is 2. The molecule has 1 atom stereocenters. The molecule has 2 aromatic carbocycles. The number of hydrogen-bond acceptors (Lipinski definition) is 3. The summed E-state index contributed by atoms with van der Waals surface area (Å²) in [5.41, 5.74) is 4.98. The maximum absolute atomic E-state index is 12.1. The zero-order valence-corrected chi connectivity index (χ0v) is 13.3. The minimum absolute atomic E-state index is 0.284. The van der Waals surface area contributed by atoms with Gasteiger partial charge in [0.15, 0.2) is 6.10 Å². The summed E-state index contributed by atoms with van der Waals surface area (Å²) in [6.07, 6.45) is -0.244. The van der Waals surface area contributed by atoms with Gasteiger partial charge in [0.1, 0.15) is 5.75 Å². The van der Waals surface area contributed by atoms with Crippen molar-refractivity contribution in [1.82, 2.24) is 10.9 Å². The van der Waals surface area contributed by atoms with E-state index in [4.69, 9.17) is 16.3 Å². The fourth-order valence-corrected chi connectivity index (χ4v) is 2.12. The minimum atomic E-state index is -0.705. The number of halogens is 1. The molecule has 0 heterocycles. The van der Waals surface area contributed by atoms with E-state index in [1.807, 2.05) is 25.1 Å². The minimum Gasteiger partial charge on any atom is -0.481 e. The molecular formula is C17H17ClN2O3. The molecule has 6 heteroatoms. The third kappa shape index (κ3) is 4.72. The Bertz CT molecular complexity index is 677. The Labute approximate surface area is 139 Å². The van der Waals surface area contributed by atoms with Crippen molar-refractivity contribution in [2.45, 2.75) is 19.4 Å². The molecule has 0 saturated heterocycles. The molecule has 0 bridgehead atoms.